The van der Waals surface area contributed by atoms with Gasteiger partial charge in [0.1, 0.15) is 6.04 Å². The molecule has 0 aliphatic carbocycles. The van der Waals surface area contributed by atoms with Gasteiger partial charge in [-0.15, -0.1) is 0 Å². The summed E-state index contributed by atoms with van der Waals surface area (Å²) in [5, 5.41) is 4.82. The Labute approximate surface area is 121 Å². The number of alkyl halides is 6. The summed E-state index contributed by atoms with van der Waals surface area (Å²) in [6, 6.07) is -1.89. The van der Waals surface area contributed by atoms with E-state index in [1.165, 1.54) is 0 Å². The van der Waals surface area contributed by atoms with Crippen LogP contribution in [-0.2, 0) is 4.79 Å². The van der Waals surface area contributed by atoms with Gasteiger partial charge in [0.05, 0.1) is 5.75 Å². The Bertz CT molecular complexity index is 343. The maximum absolute atomic E-state index is 12.9. The Kier molecular flexibility index (Phi) is 6.60. The standard InChI is InChI=1S/C10H15F6N3OS/c11-9(12,13)7(19-3-1-17-2-4-19)5-18-8(20)6-21-10(14,15)16/h7,17H,1-6H2,(H,18,20). The molecule has 1 aliphatic rings. The van der Waals surface area contributed by atoms with Crippen molar-refractivity contribution in [3.05, 3.63) is 0 Å². The zero-order valence-corrected chi connectivity index (χ0v) is 11.7. The van der Waals surface area contributed by atoms with Crippen molar-refractivity contribution in [1.82, 2.24) is 15.5 Å². The fourth-order valence-corrected chi connectivity index (χ4v) is 2.25. The molecule has 0 aromatic heterocycles. The van der Waals surface area contributed by atoms with Crippen molar-refractivity contribution in [2.24, 2.45) is 0 Å². The van der Waals surface area contributed by atoms with Gasteiger partial charge < -0.3 is 10.6 Å². The van der Waals surface area contributed by atoms with E-state index in [0.29, 0.717) is 13.1 Å². The third-order valence-electron chi connectivity index (χ3n) is 2.83. The van der Waals surface area contributed by atoms with Crippen LogP contribution in [-0.4, -0.2) is 67.0 Å². The molecule has 4 nitrogen and oxygen atoms in total. The van der Waals surface area contributed by atoms with Crippen LogP contribution in [0, 0.1) is 0 Å². The summed E-state index contributed by atoms with van der Waals surface area (Å²) in [7, 11) is 0. The second-order valence-electron chi connectivity index (χ2n) is 4.38. The smallest absolute Gasteiger partial charge is 0.353 e. The number of carbonyl (C=O) groups excluding carboxylic acids is 1. The van der Waals surface area contributed by atoms with E-state index in [-0.39, 0.29) is 13.1 Å². The summed E-state index contributed by atoms with van der Waals surface area (Å²) >= 11 is -0.580. The second kappa shape index (κ2) is 7.54. The van der Waals surface area contributed by atoms with Crippen LogP contribution in [0.15, 0.2) is 0 Å². The zero-order valence-electron chi connectivity index (χ0n) is 10.9. The van der Waals surface area contributed by atoms with Crippen LogP contribution in [0.3, 0.4) is 0 Å². The summed E-state index contributed by atoms with van der Waals surface area (Å²) in [4.78, 5) is 12.3. The molecule has 1 saturated heterocycles. The number of hydrogen-bond donors (Lipinski definition) is 2. The minimum atomic E-state index is -4.58. The lowest BCUT2D eigenvalue weighted by atomic mass is 10.2. The van der Waals surface area contributed by atoms with E-state index in [2.05, 4.69) is 5.32 Å². The highest BCUT2D eigenvalue weighted by Gasteiger charge is 2.43. The summed E-state index contributed by atoms with van der Waals surface area (Å²) < 4.78 is 74.4. The number of thioether (sulfide) groups is 1. The van der Waals surface area contributed by atoms with Crippen LogP contribution < -0.4 is 10.6 Å². The second-order valence-corrected chi connectivity index (χ2v) is 5.42. The Morgan fingerprint density at radius 1 is 1.19 bits per heavy atom. The topological polar surface area (TPSA) is 44.4 Å². The molecule has 0 bridgehead atoms. The van der Waals surface area contributed by atoms with Crippen LogP contribution in [0.2, 0.25) is 0 Å². The molecule has 1 atom stereocenters. The Morgan fingerprint density at radius 3 is 2.24 bits per heavy atom. The van der Waals surface area contributed by atoms with Crippen molar-refractivity contribution in [3.8, 4) is 0 Å². The molecule has 1 amide bonds. The molecule has 0 aromatic carbocycles. The predicted octanol–water partition coefficient (Wildman–Crippen LogP) is 1.19. The number of rotatable bonds is 5. The summed E-state index contributed by atoms with van der Waals surface area (Å²) in [6.45, 7) is 0.365. The molecule has 1 aliphatic heterocycles. The van der Waals surface area contributed by atoms with E-state index in [1.807, 2.05) is 5.32 Å². The Hall–Kier alpha value is -0.680. The highest BCUT2D eigenvalue weighted by molar-refractivity contribution is 8.00. The number of carbonyl (C=O) groups is 1. The normalized spacial score (nSPS) is 19.3. The quantitative estimate of drug-likeness (QED) is 0.739. The van der Waals surface area contributed by atoms with Crippen molar-refractivity contribution in [1.29, 1.82) is 0 Å². The SMILES string of the molecule is O=C(CSC(F)(F)F)NCC(N1CCNCC1)C(F)(F)F. The first-order chi connectivity index (χ1) is 9.59. The van der Waals surface area contributed by atoms with Gasteiger partial charge in [-0.1, -0.05) is 0 Å². The first-order valence-electron chi connectivity index (χ1n) is 6.08. The minimum Gasteiger partial charge on any atom is -0.353 e. The Morgan fingerprint density at radius 2 is 1.76 bits per heavy atom. The minimum absolute atomic E-state index is 0.164. The maximum Gasteiger partial charge on any atom is 0.442 e. The van der Waals surface area contributed by atoms with Crippen LogP contribution in [0.4, 0.5) is 26.3 Å². The molecule has 21 heavy (non-hydrogen) atoms. The third-order valence-corrected chi connectivity index (χ3v) is 3.56. The van der Waals surface area contributed by atoms with E-state index in [0.717, 1.165) is 4.90 Å². The average Bonchev–Trinajstić information content (AvgIpc) is 2.35. The van der Waals surface area contributed by atoms with Gasteiger partial charge in [0, 0.05) is 32.7 Å². The molecule has 0 saturated carbocycles. The molecule has 0 radical (unpaired) electrons. The van der Waals surface area contributed by atoms with Gasteiger partial charge in [-0.3, -0.25) is 9.69 Å². The average molecular weight is 339 g/mol. The first-order valence-corrected chi connectivity index (χ1v) is 7.07. The number of halogens is 6. The molecule has 0 aromatic rings. The highest BCUT2D eigenvalue weighted by atomic mass is 32.2. The van der Waals surface area contributed by atoms with Gasteiger partial charge in [0.15, 0.2) is 0 Å². The van der Waals surface area contributed by atoms with Crippen LogP contribution in [0.25, 0.3) is 0 Å². The molecule has 1 heterocycles. The van der Waals surface area contributed by atoms with Gasteiger partial charge >= 0.3 is 11.7 Å². The molecular weight excluding hydrogens is 324 g/mol. The van der Waals surface area contributed by atoms with E-state index in [1.54, 1.807) is 0 Å². The van der Waals surface area contributed by atoms with E-state index in [9.17, 15) is 31.1 Å². The first kappa shape index (κ1) is 18.4. The molecular formula is C10H15F6N3OS. The number of piperazine rings is 1. The van der Waals surface area contributed by atoms with E-state index in [4.69, 9.17) is 0 Å². The van der Waals surface area contributed by atoms with Crippen molar-refractivity contribution in [3.63, 3.8) is 0 Å². The van der Waals surface area contributed by atoms with Crippen molar-refractivity contribution in [2.45, 2.75) is 17.7 Å². The summed E-state index contributed by atoms with van der Waals surface area (Å²) in [5.41, 5.74) is -4.58. The fraction of sp³-hybridized carbons (Fsp3) is 0.900. The predicted molar refractivity (Wildman–Crippen MR) is 65.8 cm³/mol. The van der Waals surface area contributed by atoms with Crippen LogP contribution in [0.5, 0.6) is 0 Å². The zero-order chi connectivity index (χ0) is 16.1. The Balaban J connectivity index is 2.48. The third kappa shape index (κ3) is 7.23. The molecule has 1 fully saturated rings. The highest BCUT2D eigenvalue weighted by Crippen LogP contribution is 2.29. The number of nitrogens with zero attached hydrogens (tertiary/aromatic N) is 1. The van der Waals surface area contributed by atoms with Crippen molar-refractivity contribution in [2.75, 3.05) is 38.5 Å². The lowest BCUT2D eigenvalue weighted by Gasteiger charge is -2.35. The van der Waals surface area contributed by atoms with Gasteiger partial charge in [0.25, 0.3) is 0 Å². The molecule has 0 spiro atoms. The number of amides is 1. The molecule has 1 rings (SSSR count). The van der Waals surface area contributed by atoms with Crippen LogP contribution >= 0.6 is 11.8 Å². The number of hydrogen-bond acceptors (Lipinski definition) is 4. The fourth-order valence-electron chi connectivity index (χ4n) is 1.85. The van der Waals surface area contributed by atoms with Gasteiger partial charge in [0.2, 0.25) is 5.91 Å². The largest absolute Gasteiger partial charge is 0.442 e. The maximum atomic E-state index is 12.9. The molecule has 2 N–H and O–H groups in total. The molecule has 11 heteroatoms. The summed E-state index contributed by atoms with van der Waals surface area (Å²) in [5.74, 6) is -2.02. The molecule has 124 valence electrons. The van der Waals surface area contributed by atoms with Gasteiger partial charge in [-0.2, -0.15) is 26.3 Å². The van der Waals surface area contributed by atoms with Gasteiger partial charge in [-0.25, -0.2) is 0 Å². The summed E-state index contributed by atoms with van der Waals surface area (Å²) in [6.07, 6.45) is -4.55. The molecule has 1 unspecified atom stereocenters. The van der Waals surface area contributed by atoms with Gasteiger partial charge in [-0.05, 0) is 11.8 Å². The van der Waals surface area contributed by atoms with E-state index < -0.39 is 47.7 Å². The van der Waals surface area contributed by atoms with Crippen molar-refractivity contribution >= 4 is 17.7 Å². The van der Waals surface area contributed by atoms with Crippen molar-refractivity contribution < 1.29 is 31.1 Å². The number of nitrogens with one attached hydrogen (secondary N) is 2. The lowest BCUT2D eigenvalue weighted by Crippen LogP contribution is -2.57. The lowest BCUT2D eigenvalue weighted by molar-refractivity contribution is -0.183. The monoisotopic (exact) mass is 339 g/mol. The van der Waals surface area contributed by atoms with E-state index >= 15 is 0 Å². The van der Waals surface area contributed by atoms with Crippen LogP contribution in [0.1, 0.15) is 0 Å².